The molecule has 0 N–H and O–H groups in total. The SMILES string of the molecule is CC(OC(=O)C(C)(C)C)C1CCC(CCS)CN1C(=O)CC(F)(F)F. The zero-order valence-corrected chi connectivity index (χ0v) is 16.1. The van der Waals surface area contributed by atoms with Crippen molar-refractivity contribution in [3.8, 4) is 0 Å². The summed E-state index contributed by atoms with van der Waals surface area (Å²) in [5.41, 5.74) is -0.710. The van der Waals surface area contributed by atoms with Gasteiger partial charge in [-0.1, -0.05) is 0 Å². The van der Waals surface area contributed by atoms with Crippen molar-refractivity contribution in [2.24, 2.45) is 11.3 Å². The summed E-state index contributed by atoms with van der Waals surface area (Å²) in [4.78, 5) is 25.5. The molecule has 0 radical (unpaired) electrons. The van der Waals surface area contributed by atoms with Crippen LogP contribution in [-0.2, 0) is 14.3 Å². The fraction of sp³-hybridized carbons (Fsp3) is 0.882. The van der Waals surface area contributed by atoms with E-state index in [0.717, 1.165) is 12.8 Å². The molecular formula is C17H28F3NO3S. The van der Waals surface area contributed by atoms with Gasteiger partial charge < -0.3 is 9.64 Å². The van der Waals surface area contributed by atoms with E-state index in [-0.39, 0.29) is 12.5 Å². The summed E-state index contributed by atoms with van der Waals surface area (Å²) in [6, 6.07) is -0.530. The lowest BCUT2D eigenvalue weighted by Crippen LogP contribution is -2.53. The monoisotopic (exact) mass is 383 g/mol. The van der Waals surface area contributed by atoms with E-state index >= 15 is 0 Å². The van der Waals surface area contributed by atoms with Crippen LogP contribution in [0.4, 0.5) is 13.2 Å². The Morgan fingerprint density at radius 3 is 2.32 bits per heavy atom. The molecule has 25 heavy (non-hydrogen) atoms. The molecular weight excluding hydrogens is 355 g/mol. The minimum absolute atomic E-state index is 0.122. The van der Waals surface area contributed by atoms with Crippen LogP contribution in [0.1, 0.15) is 53.4 Å². The average Bonchev–Trinajstić information content (AvgIpc) is 2.44. The van der Waals surface area contributed by atoms with Crippen LogP contribution in [0.5, 0.6) is 0 Å². The van der Waals surface area contributed by atoms with Gasteiger partial charge in [-0.05, 0) is 58.6 Å². The first-order valence-electron chi connectivity index (χ1n) is 8.53. The lowest BCUT2D eigenvalue weighted by molar-refractivity contribution is -0.173. The summed E-state index contributed by atoms with van der Waals surface area (Å²) in [6.07, 6.45) is -4.66. The predicted molar refractivity (Wildman–Crippen MR) is 92.4 cm³/mol. The van der Waals surface area contributed by atoms with E-state index in [1.165, 1.54) is 4.90 Å². The van der Waals surface area contributed by atoms with Gasteiger partial charge in [-0.15, -0.1) is 0 Å². The highest BCUT2D eigenvalue weighted by atomic mass is 32.1. The number of carbonyl (C=O) groups excluding carboxylic acids is 2. The van der Waals surface area contributed by atoms with Crippen molar-refractivity contribution in [3.63, 3.8) is 0 Å². The van der Waals surface area contributed by atoms with Crippen LogP contribution in [0.2, 0.25) is 0 Å². The fourth-order valence-electron chi connectivity index (χ4n) is 2.96. The van der Waals surface area contributed by atoms with E-state index < -0.39 is 42.0 Å². The molecule has 0 aromatic heterocycles. The summed E-state index contributed by atoms with van der Waals surface area (Å²) in [5.74, 6) is -0.650. The topological polar surface area (TPSA) is 46.6 Å². The number of rotatable bonds is 5. The van der Waals surface area contributed by atoms with Crippen molar-refractivity contribution < 1.29 is 27.5 Å². The lowest BCUT2D eigenvalue weighted by Gasteiger charge is -2.42. The summed E-state index contributed by atoms with van der Waals surface area (Å²) >= 11 is 4.17. The molecule has 0 aliphatic carbocycles. The first-order chi connectivity index (χ1) is 11.3. The molecule has 0 saturated carbocycles. The van der Waals surface area contributed by atoms with E-state index in [0.29, 0.717) is 12.2 Å². The van der Waals surface area contributed by atoms with Crippen LogP contribution in [0.25, 0.3) is 0 Å². The minimum Gasteiger partial charge on any atom is -0.460 e. The van der Waals surface area contributed by atoms with E-state index in [2.05, 4.69) is 12.6 Å². The first kappa shape index (κ1) is 22.1. The number of ether oxygens (including phenoxy) is 1. The molecule has 1 heterocycles. The van der Waals surface area contributed by atoms with Crippen LogP contribution in [0.15, 0.2) is 0 Å². The third-order valence-corrected chi connectivity index (χ3v) is 4.64. The quantitative estimate of drug-likeness (QED) is 0.580. The highest BCUT2D eigenvalue weighted by Gasteiger charge is 2.41. The Bertz CT molecular complexity index is 477. The minimum atomic E-state index is -4.55. The van der Waals surface area contributed by atoms with Crippen LogP contribution in [-0.4, -0.2) is 47.4 Å². The van der Waals surface area contributed by atoms with Crippen molar-refractivity contribution in [1.29, 1.82) is 0 Å². The highest BCUT2D eigenvalue weighted by Crippen LogP contribution is 2.31. The Morgan fingerprint density at radius 1 is 1.24 bits per heavy atom. The van der Waals surface area contributed by atoms with E-state index in [9.17, 15) is 22.8 Å². The van der Waals surface area contributed by atoms with Crippen molar-refractivity contribution >= 4 is 24.5 Å². The number of carbonyl (C=O) groups is 2. The second-order valence-corrected chi connectivity index (χ2v) is 8.17. The fourth-order valence-corrected chi connectivity index (χ4v) is 3.32. The Morgan fingerprint density at radius 2 is 1.84 bits per heavy atom. The summed E-state index contributed by atoms with van der Waals surface area (Å²) in [5, 5.41) is 0. The zero-order valence-electron chi connectivity index (χ0n) is 15.2. The Labute approximate surface area is 152 Å². The molecule has 1 fully saturated rings. The largest absolute Gasteiger partial charge is 0.460 e. The van der Waals surface area contributed by atoms with Crippen LogP contribution in [0.3, 0.4) is 0 Å². The summed E-state index contributed by atoms with van der Waals surface area (Å²) in [7, 11) is 0. The number of piperidine rings is 1. The number of nitrogens with zero attached hydrogens (tertiary/aromatic N) is 1. The molecule has 1 saturated heterocycles. The van der Waals surface area contributed by atoms with Gasteiger partial charge in [0.05, 0.1) is 11.5 Å². The van der Waals surface area contributed by atoms with E-state index in [1.54, 1.807) is 27.7 Å². The Balaban J connectivity index is 2.89. The average molecular weight is 383 g/mol. The van der Waals surface area contributed by atoms with Gasteiger partial charge in [-0.25, -0.2) is 0 Å². The number of alkyl halides is 3. The number of halogens is 3. The Hall–Kier alpha value is -0.920. The number of amides is 1. The maximum absolute atomic E-state index is 12.7. The van der Waals surface area contributed by atoms with Gasteiger partial charge in [-0.3, -0.25) is 9.59 Å². The zero-order chi connectivity index (χ0) is 19.4. The molecule has 3 atom stereocenters. The second-order valence-electron chi connectivity index (χ2n) is 7.72. The van der Waals surface area contributed by atoms with Gasteiger partial charge in [0, 0.05) is 6.54 Å². The molecule has 8 heteroatoms. The van der Waals surface area contributed by atoms with Crippen LogP contribution < -0.4 is 0 Å². The number of hydrogen-bond donors (Lipinski definition) is 1. The van der Waals surface area contributed by atoms with Crippen molar-refractivity contribution in [1.82, 2.24) is 4.90 Å². The molecule has 0 bridgehead atoms. The van der Waals surface area contributed by atoms with Crippen molar-refractivity contribution in [2.45, 2.75) is 71.7 Å². The first-order valence-corrected chi connectivity index (χ1v) is 9.16. The maximum atomic E-state index is 12.7. The number of hydrogen-bond acceptors (Lipinski definition) is 4. The van der Waals surface area contributed by atoms with Gasteiger partial charge in [-0.2, -0.15) is 25.8 Å². The molecule has 0 aromatic carbocycles. The molecule has 0 aromatic rings. The normalized spacial score (nSPS) is 23.3. The summed E-state index contributed by atoms with van der Waals surface area (Å²) in [6.45, 7) is 7.01. The van der Waals surface area contributed by atoms with Crippen molar-refractivity contribution in [2.75, 3.05) is 12.3 Å². The lowest BCUT2D eigenvalue weighted by atomic mass is 9.88. The van der Waals surface area contributed by atoms with Crippen LogP contribution >= 0.6 is 12.6 Å². The van der Waals surface area contributed by atoms with Gasteiger partial charge in [0.1, 0.15) is 12.5 Å². The van der Waals surface area contributed by atoms with Crippen LogP contribution in [0, 0.1) is 11.3 Å². The number of thiol groups is 1. The molecule has 4 nitrogen and oxygen atoms in total. The standard InChI is InChI=1S/C17H28F3NO3S/c1-11(24-15(23)16(2,3)4)13-6-5-12(7-8-25)10-21(13)14(22)9-17(18,19)20/h11-13,25H,5-10H2,1-4H3. The maximum Gasteiger partial charge on any atom is 0.397 e. The third-order valence-electron chi connectivity index (χ3n) is 4.38. The van der Waals surface area contributed by atoms with E-state index in [1.807, 2.05) is 0 Å². The smallest absolute Gasteiger partial charge is 0.397 e. The molecule has 0 spiro atoms. The number of esters is 1. The molecule has 1 amide bonds. The second kappa shape index (κ2) is 8.64. The predicted octanol–water partition coefficient (Wildman–Crippen LogP) is 3.84. The molecule has 146 valence electrons. The molecule has 3 unspecified atom stereocenters. The summed E-state index contributed by atoms with van der Waals surface area (Å²) < 4.78 is 43.4. The van der Waals surface area contributed by atoms with Crippen molar-refractivity contribution in [3.05, 3.63) is 0 Å². The van der Waals surface area contributed by atoms with Gasteiger partial charge in [0.25, 0.3) is 0 Å². The van der Waals surface area contributed by atoms with Gasteiger partial charge >= 0.3 is 12.1 Å². The number of likely N-dealkylation sites (tertiary alicyclic amines) is 1. The Kier molecular flexibility index (Phi) is 7.65. The molecule has 1 aliphatic rings. The third kappa shape index (κ3) is 7.07. The molecule has 1 aliphatic heterocycles. The highest BCUT2D eigenvalue weighted by molar-refractivity contribution is 7.80. The van der Waals surface area contributed by atoms with Gasteiger partial charge in [0.2, 0.25) is 5.91 Å². The molecule has 1 rings (SSSR count). The van der Waals surface area contributed by atoms with Gasteiger partial charge in [0.15, 0.2) is 0 Å². The van der Waals surface area contributed by atoms with E-state index in [4.69, 9.17) is 4.74 Å².